The standard InChI is InChI=1S/C22H22N4O3S/c27-20-18(22(29)25-8-2-1-3-9-25)15-7-10-26(12-14(15)11-23-20)21(28)16-5-4-6-17-19(16)30-13-24-17/h4-6,11,13H,1-3,7-10,12H2,(H,23,27). The molecule has 0 unspecified atom stereocenters. The summed E-state index contributed by atoms with van der Waals surface area (Å²) in [5.74, 6) is -0.229. The van der Waals surface area contributed by atoms with Gasteiger partial charge in [0.15, 0.2) is 0 Å². The Kier molecular flexibility index (Phi) is 4.86. The number of hydrogen-bond acceptors (Lipinski definition) is 5. The van der Waals surface area contributed by atoms with Gasteiger partial charge >= 0.3 is 0 Å². The van der Waals surface area contributed by atoms with E-state index < -0.39 is 0 Å². The maximum absolute atomic E-state index is 13.2. The van der Waals surface area contributed by atoms with E-state index in [2.05, 4.69) is 9.97 Å². The minimum absolute atomic E-state index is 0.0504. The number of nitrogens with one attached hydrogen (secondary N) is 1. The maximum atomic E-state index is 13.2. The number of carbonyl (C=O) groups excluding carboxylic acids is 2. The zero-order valence-corrected chi connectivity index (χ0v) is 17.3. The zero-order valence-electron chi connectivity index (χ0n) is 16.5. The highest BCUT2D eigenvalue weighted by molar-refractivity contribution is 7.17. The molecule has 8 heteroatoms. The summed E-state index contributed by atoms with van der Waals surface area (Å²) < 4.78 is 0.885. The van der Waals surface area contributed by atoms with Gasteiger partial charge in [-0.3, -0.25) is 14.4 Å². The number of aromatic amines is 1. The molecule has 1 N–H and O–H groups in total. The number of carbonyl (C=O) groups is 2. The van der Waals surface area contributed by atoms with Crippen molar-refractivity contribution in [2.45, 2.75) is 32.2 Å². The van der Waals surface area contributed by atoms with Crippen molar-refractivity contribution in [3.63, 3.8) is 0 Å². The van der Waals surface area contributed by atoms with Gasteiger partial charge in [-0.25, -0.2) is 4.98 Å². The number of likely N-dealkylation sites (tertiary alicyclic amines) is 1. The molecule has 2 aliphatic heterocycles. The Hall–Kier alpha value is -3.00. The molecule has 0 bridgehead atoms. The van der Waals surface area contributed by atoms with Crippen molar-refractivity contribution in [2.75, 3.05) is 19.6 Å². The van der Waals surface area contributed by atoms with E-state index in [0.717, 1.165) is 40.6 Å². The van der Waals surface area contributed by atoms with E-state index in [9.17, 15) is 14.4 Å². The first-order valence-corrected chi connectivity index (χ1v) is 11.2. The van der Waals surface area contributed by atoms with Crippen LogP contribution >= 0.6 is 11.3 Å². The van der Waals surface area contributed by atoms with Crippen LogP contribution in [0, 0.1) is 0 Å². The van der Waals surface area contributed by atoms with Gasteiger partial charge in [0.2, 0.25) is 0 Å². The average Bonchev–Trinajstić information content (AvgIpc) is 3.27. The molecule has 2 amide bonds. The van der Waals surface area contributed by atoms with Gasteiger partial charge in [0.25, 0.3) is 17.4 Å². The summed E-state index contributed by atoms with van der Waals surface area (Å²) in [7, 11) is 0. The van der Waals surface area contributed by atoms with Crippen molar-refractivity contribution in [3.8, 4) is 0 Å². The first-order chi connectivity index (χ1) is 14.6. The number of fused-ring (bicyclic) bond motifs is 2. The first-order valence-electron chi connectivity index (χ1n) is 10.3. The molecule has 7 nitrogen and oxygen atoms in total. The molecule has 0 aliphatic carbocycles. The highest BCUT2D eigenvalue weighted by Crippen LogP contribution is 2.27. The number of piperidine rings is 1. The Bertz CT molecular complexity index is 1190. The Balaban J connectivity index is 1.45. The van der Waals surface area contributed by atoms with Gasteiger partial charge in [0, 0.05) is 32.4 Å². The molecule has 2 aliphatic rings. The van der Waals surface area contributed by atoms with Crippen LogP contribution in [-0.2, 0) is 13.0 Å². The molecule has 1 aromatic carbocycles. The van der Waals surface area contributed by atoms with Crippen LogP contribution < -0.4 is 5.56 Å². The number of amides is 2. The quantitative estimate of drug-likeness (QED) is 0.688. The molecule has 3 aromatic rings. The second kappa shape index (κ2) is 7.68. The van der Waals surface area contributed by atoms with E-state index in [0.29, 0.717) is 38.2 Å². The molecule has 0 saturated carbocycles. The monoisotopic (exact) mass is 422 g/mol. The van der Waals surface area contributed by atoms with Crippen molar-refractivity contribution in [1.82, 2.24) is 19.8 Å². The van der Waals surface area contributed by atoms with Crippen molar-refractivity contribution < 1.29 is 9.59 Å². The van der Waals surface area contributed by atoms with E-state index in [-0.39, 0.29) is 22.9 Å². The van der Waals surface area contributed by atoms with Crippen LogP contribution in [0.5, 0.6) is 0 Å². The summed E-state index contributed by atoms with van der Waals surface area (Å²) >= 11 is 1.46. The number of nitrogens with zero attached hydrogens (tertiary/aromatic N) is 3. The normalized spacial score (nSPS) is 16.5. The highest BCUT2D eigenvalue weighted by Gasteiger charge is 2.30. The van der Waals surface area contributed by atoms with Gasteiger partial charge in [-0.05, 0) is 48.9 Å². The molecule has 2 aromatic heterocycles. The molecule has 4 heterocycles. The van der Waals surface area contributed by atoms with Crippen LogP contribution in [0.1, 0.15) is 51.1 Å². The van der Waals surface area contributed by atoms with Crippen molar-refractivity contribution in [3.05, 3.63) is 62.5 Å². The zero-order chi connectivity index (χ0) is 20.7. The number of hydrogen-bond donors (Lipinski definition) is 1. The fourth-order valence-corrected chi connectivity index (χ4v) is 5.24. The van der Waals surface area contributed by atoms with Gasteiger partial charge in [-0.1, -0.05) is 6.07 Å². The van der Waals surface area contributed by atoms with Crippen molar-refractivity contribution >= 4 is 33.4 Å². The molecular weight excluding hydrogens is 400 g/mol. The number of aromatic nitrogens is 2. The average molecular weight is 423 g/mol. The smallest absolute Gasteiger partial charge is 0.261 e. The molecule has 5 rings (SSSR count). The number of H-pyrrole nitrogens is 1. The van der Waals surface area contributed by atoms with Gasteiger partial charge < -0.3 is 14.8 Å². The largest absolute Gasteiger partial charge is 0.338 e. The molecule has 0 atom stereocenters. The molecule has 0 spiro atoms. The third kappa shape index (κ3) is 3.21. The lowest BCUT2D eigenvalue weighted by molar-refractivity contribution is 0.0717. The number of thiazole rings is 1. The van der Waals surface area contributed by atoms with E-state index in [4.69, 9.17) is 0 Å². The lowest BCUT2D eigenvalue weighted by atomic mass is 9.95. The summed E-state index contributed by atoms with van der Waals surface area (Å²) in [6.07, 6.45) is 5.22. The summed E-state index contributed by atoms with van der Waals surface area (Å²) in [6, 6.07) is 5.58. The molecule has 0 radical (unpaired) electrons. The third-order valence-corrected chi connectivity index (χ3v) is 6.89. The van der Waals surface area contributed by atoms with Crippen LogP contribution in [0.3, 0.4) is 0 Å². The SMILES string of the molecule is O=C(c1c2c(c[nH]c1=O)CN(C(=O)c1cccc3ncsc13)CC2)N1CCCCC1. The summed E-state index contributed by atoms with van der Waals surface area (Å²) in [4.78, 5) is 49.4. The van der Waals surface area contributed by atoms with Crippen molar-refractivity contribution in [1.29, 1.82) is 0 Å². The van der Waals surface area contributed by atoms with Gasteiger partial charge in [-0.15, -0.1) is 11.3 Å². The second-order valence-corrected chi connectivity index (χ2v) is 8.69. The lowest BCUT2D eigenvalue weighted by Crippen LogP contribution is -2.42. The second-order valence-electron chi connectivity index (χ2n) is 7.83. The summed E-state index contributed by atoms with van der Waals surface area (Å²) in [5.41, 5.74) is 4.76. The lowest BCUT2D eigenvalue weighted by Gasteiger charge is -2.31. The topological polar surface area (TPSA) is 86.4 Å². The van der Waals surface area contributed by atoms with Crippen LogP contribution in [0.15, 0.2) is 34.7 Å². The van der Waals surface area contributed by atoms with Crippen LogP contribution in [0.25, 0.3) is 10.2 Å². The Morgan fingerprint density at radius 1 is 1.03 bits per heavy atom. The van der Waals surface area contributed by atoms with E-state index in [1.807, 2.05) is 18.2 Å². The van der Waals surface area contributed by atoms with Crippen LogP contribution in [0.4, 0.5) is 0 Å². The third-order valence-electron chi connectivity index (χ3n) is 6.02. The molecular formula is C22H22N4O3S. The summed E-state index contributed by atoms with van der Waals surface area (Å²) in [6.45, 7) is 2.25. The van der Waals surface area contributed by atoms with E-state index in [1.54, 1.807) is 21.5 Å². The number of benzene rings is 1. The number of rotatable bonds is 2. The molecule has 154 valence electrons. The Labute approximate surface area is 177 Å². The van der Waals surface area contributed by atoms with Gasteiger partial charge in [0.05, 0.1) is 21.3 Å². The predicted octanol–water partition coefficient (Wildman–Crippen LogP) is 2.81. The fraction of sp³-hybridized carbons (Fsp3) is 0.364. The first kappa shape index (κ1) is 19.0. The van der Waals surface area contributed by atoms with E-state index >= 15 is 0 Å². The highest BCUT2D eigenvalue weighted by atomic mass is 32.1. The van der Waals surface area contributed by atoms with E-state index in [1.165, 1.54) is 11.3 Å². The molecule has 30 heavy (non-hydrogen) atoms. The molecule has 1 fully saturated rings. The minimum atomic E-state index is -0.335. The summed E-state index contributed by atoms with van der Waals surface area (Å²) in [5, 5.41) is 0. The van der Waals surface area contributed by atoms with Gasteiger partial charge in [-0.2, -0.15) is 0 Å². The molecule has 1 saturated heterocycles. The van der Waals surface area contributed by atoms with Gasteiger partial charge in [0.1, 0.15) is 5.56 Å². The minimum Gasteiger partial charge on any atom is -0.338 e. The van der Waals surface area contributed by atoms with Crippen LogP contribution in [-0.4, -0.2) is 51.2 Å². The Morgan fingerprint density at radius 3 is 2.70 bits per heavy atom. The number of pyridine rings is 1. The Morgan fingerprint density at radius 2 is 1.87 bits per heavy atom. The fourth-order valence-electron chi connectivity index (χ4n) is 4.45. The van der Waals surface area contributed by atoms with Crippen LogP contribution in [0.2, 0.25) is 0 Å². The van der Waals surface area contributed by atoms with Crippen molar-refractivity contribution in [2.24, 2.45) is 0 Å². The predicted molar refractivity (Wildman–Crippen MR) is 115 cm³/mol. The maximum Gasteiger partial charge on any atom is 0.261 e.